The summed E-state index contributed by atoms with van der Waals surface area (Å²) in [6.45, 7) is 1.86. The molecule has 0 saturated heterocycles. The predicted molar refractivity (Wildman–Crippen MR) is 79.4 cm³/mol. The molecule has 0 saturated carbocycles. The number of hydrazone groups is 1. The molecular formula is C12H12N4O4S. The summed E-state index contributed by atoms with van der Waals surface area (Å²) in [6, 6.07) is 2.65. The molecule has 1 aromatic carbocycles. The van der Waals surface area contributed by atoms with Gasteiger partial charge in [0.05, 0.1) is 23.9 Å². The van der Waals surface area contributed by atoms with E-state index in [4.69, 9.17) is 4.74 Å². The molecule has 2 aromatic rings. The smallest absolute Gasteiger partial charge is 0.315 e. The van der Waals surface area contributed by atoms with Crippen LogP contribution in [-0.2, 0) is 0 Å². The van der Waals surface area contributed by atoms with Crippen LogP contribution in [0.4, 0.5) is 10.8 Å². The zero-order valence-corrected chi connectivity index (χ0v) is 12.0. The minimum Gasteiger partial charge on any atom is -0.500 e. The van der Waals surface area contributed by atoms with E-state index in [1.807, 2.05) is 12.3 Å². The molecule has 2 N–H and O–H groups in total. The van der Waals surface area contributed by atoms with E-state index < -0.39 is 16.4 Å². The van der Waals surface area contributed by atoms with Gasteiger partial charge in [0.2, 0.25) is 10.9 Å². The summed E-state index contributed by atoms with van der Waals surface area (Å²) < 4.78 is 4.90. The lowest BCUT2D eigenvalue weighted by atomic mass is 10.2. The second kappa shape index (κ2) is 6.18. The summed E-state index contributed by atoms with van der Waals surface area (Å²) in [6.07, 6.45) is 1.38. The molecule has 21 heavy (non-hydrogen) atoms. The molecule has 0 radical (unpaired) electrons. The summed E-state index contributed by atoms with van der Waals surface area (Å²) in [4.78, 5) is 14.3. The highest BCUT2D eigenvalue weighted by Gasteiger charge is 2.19. The first-order valence-corrected chi connectivity index (χ1v) is 6.66. The van der Waals surface area contributed by atoms with Crippen LogP contribution in [-0.4, -0.2) is 28.3 Å². The van der Waals surface area contributed by atoms with E-state index >= 15 is 0 Å². The molecule has 0 aliphatic carbocycles. The van der Waals surface area contributed by atoms with Crippen molar-refractivity contribution in [3.05, 3.63) is 38.9 Å². The van der Waals surface area contributed by atoms with Crippen LogP contribution in [0.2, 0.25) is 0 Å². The average molecular weight is 308 g/mol. The van der Waals surface area contributed by atoms with Crippen molar-refractivity contribution in [2.24, 2.45) is 5.10 Å². The molecule has 0 amide bonds. The quantitative estimate of drug-likeness (QED) is 0.499. The Kier molecular flexibility index (Phi) is 4.33. The van der Waals surface area contributed by atoms with E-state index in [0.717, 1.165) is 5.69 Å². The predicted octanol–water partition coefficient (Wildman–Crippen LogP) is 2.52. The molecule has 2 rings (SSSR count). The van der Waals surface area contributed by atoms with E-state index in [2.05, 4.69) is 15.5 Å². The fourth-order valence-corrected chi connectivity index (χ4v) is 2.19. The van der Waals surface area contributed by atoms with E-state index in [-0.39, 0.29) is 5.75 Å². The maximum atomic E-state index is 10.9. The van der Waals surface area contributed by atoms with Gasteiger partial charge in [0.15, 0.2) is 5.75 Å². The van der Waals surface area contributed by atoms with Crippen molar-refractivity contribution in [1.82, 2.24) is 4.98 Å². The first kappa shape index (κ1) is 14.7. The van der Waals surface area contributed by atoms with E-state index in [9.17, 15) is 15.2 Å². The molecule has 0 aliphatic heterocycles. The maximum Gasteiger partial charge on any atom is 0.315 e. The number of phenolic OH excluding ortho intramolecular Hbond substituents is 1. The summed E-state index contributed by atoms with van der Waals surface area (Å²) in [5, 5.41) is 26.9. The Bertz CT molecular complexity index is 699. The Morgan fingerprint density at radius 2 is 2.33 bits per heavy atom. The van der Waals surface area contributed by atoms with Gasteiger partial charge in [0.25, 0.3) is 0 Å². The number of nitrogens with one attached hydrogen (secondary N) is 1. The van der Waals surface area contributed by atoms with Gasteiger partial charge in [0, 0.05) is 17.0 Å². The fourth-order valence-electron chi connectivity index (χ4n) is 1.55. The molecular weight excluding hydrogens is 296 g/mol. The second-order valence-electron chi connectivity index (χ2n) is 4.01. The molecule has 0 atom stereocenters. The number of benzene rings is 1. The number of methoxy groups -OCH3 is 1. The van der Waals surface area contributed by atoms with Gasteiger partial charge >= 0.3 is 5.69 Å². The zero-order chi connectivity index (χ0) is 15.4. The number of nitro groups is 1. The number of hydrogen-bond acceptors (Lipinski definition) is 8. The van der Waals surface area contributed by atoms with Gasteiger partial charge in [0.1, 0.15) is 0 Å². The Labute approximate surface area is 123 Å². The van der Waals surface area contributed by atoms with E-state index in [0.29, 0.717) is 10.7 Å². The largest absolute Gasteiger partial charge is 0.500 e. The van der Waals surface area contributed by atoms with Gasteiger partial charge in [-0.05, 0) is 13.0 Å². The van der Waals surface area contributed by atoms with Crippen LogP contribution >= 0.6 is 11.3 Å². The molecule has 0 fully saturated rings. The van der Waals surface area contributed by atoms with Gasteiger partial charge in [-0.25, -0.2) is 4.98 Å². The third-order valence-electron chi connectivity index (χ3n) is 2.49. The van der Waals surface area contributed by atoms with Crippen molar-refractivity contribution < 1.29 is 14.8 Å². The Morgan fingerprint density at radius 1 is 1.57 bits per heavy atom. The molecule has 0 unspecified atom stereocenters. The fraction of sp³-hybridized carbons (Fsp3) is 0.167. The molecule has 1 aromatic heterocycles. The van der Waals surface area contributed by atoms with Gasteiger partial charge in [-0.15, -0.1) is 11.3 Å². The van der Waals surface area contributed by atoms with Gasteiger partial charge in [-0.3, -0.25) is 15.5 Å². The van der Waals surface area contributed by atoms with Crippen LogP contribution < -0.4 is 10.2 Å². The molecule has 9 heteroatoms. The standard InChI is InChI=1S/C12H12N4O4S/c1-7-6-21-12(14-7)15-13-5-8-3-9(16(18)19)11(17)10(4-8)20-2/h3-6,17H,1-2H3,(H,14,15). The number of nitro benzene ring substituents is 1. The van der Waals surface area contributed by atoms with E-state index in [1.54, 1.807) is 0 Å². The van der Waals surface area contributed by atoms with Crippen molar-refractivity contribution in [2.75, 3.05) is 12.5 Å². The van der Waals surface area contributed by atoms with Crippen LogP contribution in [0.3, 0.4) is 0 Å². The van der Waals surface area contributed by atoms with Crippen molar-refractivity contribution in [3.8, 4) is 11.5 Å². The number of nitrogens with zero attached hydrogens (tertiary/aromatic N) is 3. The van der Waals surface area contributed by atoms with Crippen LogP contribution in [0.15, 0.2) is 22.6 Å². The SMILES string of the molecule is COc1cc(C=NNc2nc(C)cs2)cc([N+](=O)[O-])c1O. The number of aromatic nitrogens is 1. The van der Waals surface area contributed by atoms with Gasteiger partial charge in [-0.2, -0.15) is 5.10 Å². The molecule has 8 nitrogen and oxygen atoms in total. The number of rotatable bonds is 5. The normalized spacial score (nSPS) is 10.8. The average Bonchev–Trinajstić information content (AvgIpc) is 2.85. The van der Waals surface area contributed by atoms with E-state index in [1.165, 1.54) is 36.8 Å². The summed E-state index contributed by atoms with van der Waals surface area (Å²) in [7, 11) is 1.32. The summed E-state index contributed by atoms with van der Waals surface area (Å²) in [5.74, 6) is -0.501. The monoisotopic (exact) mass is 308 g/mol. The van der Waals surface area contributed by atoms with Crippen LogP contribution in [0.5, 0.6) is 11.5 Å². The number of anilines is 1. The Hall–Kier alpha value is -2.68. The zero-order valence-electron chi connectivity index (χ0n) is 11.2. The van der Waals surface area contributed by atoms with Crippen molar-refractivity contribution in [1.29, 1.82) is 0 Å². The number of aromatic hydroxyl groups is 1. The van der Waals surface area contributed by atoms with Gasteiger partial charge < -0.3 is 9.84 Å². The first-order chi connectivity index (χ1) is 10.0. The van der Waals surface area contributed by atoms with Gasteiger partial charge in [-0.1, -0.05) is 0 Å². The number of aryl methyl sites for hydroxylation is 1. The lowest BCUT2D eigenvalue weighted by molar-refractivity contribution is -0.386. The highest BCUT2D eigenvalue weighted by molar-refractivity contribution is 7.13. The Balaban J connectivity index is 2.23. The van der Waals surface area contributed by atoms with Crippen LogP contribution in [0.1, 0.15) is 11.3 Å². The highest BCUT2D eigenvalue weighted by atomic mass is 32.1. The molecule has 0 aliphatic rings. The minimum absolute atomic E-state index is 0.00995. The highest BCUT2D eigenvalue weighted by Crippen LogP contribution is 2.36. The van der Waals surface area contributed by atoms with Crippen molar-refractivity contribution in [3.63, 3.8) is 0 Å². The number of thiazole rings is 1. The van der Waals surface area contributed by atoms with Crippen LogP contribution in [0.25, 0.3) is 0 Å². The molecule has 0 bridgehead atoms. The molecule has 110 valence electrons. The first-order valence-electron chi connectivity index (χ1n) is 5.78. The minimum atomic E-state index is -0.688. The Morgan fingerprint density at radius 3 is 2.90 bits per heavy atom. The van der Waals surface area contributed by atoms with Crippen molar-refractivity contribution >= 4 is 28.4 Å². The molecule has 1 heterocycles. The van der Waals surface area contributed by atoms with Crippen LogP contribution in [0, 0.1) is 17.0 Å². The summed E-state index contributed by atoms with van der Waals surface area (Å²) in [5.41, 5.74) is 3.56. The third kappa shape index (κ3) is 3.45. The lowest BCUT2D eigenvalue weighted by Gasteiger charge is -2.04. The second-order valence-corrected chi connectivity index (χ2v) is 4.87. The number of phenols is 1. The lowest BCUT2D eigenvalue weighted by Crippen LogP contribution is -1.96. The maximum absolute atomic E-state index is 10.9. The topological polar surface area (TPSA) is 110 Å². The number of ether oxygens (including phenoxy) is 1. The third-order valence-corrected chi connectivity index (χ3v) is 3.35. The van der Waals surface area contributed by atoms with Crippen molar-refractivity contribution in [2.45, 2.75) is 6.92 Å². The number of hydrogen-bond donors (Lipinski definition) is 2. The molecule has 0 spiro atoms. The summed E-state index contributed by atoms with van der Waals surface area (Å²) >= 11 is 1.39.